The van der Waals surface area contributed by atoms with E-state index in [0.29, 0.717) is 11.4 Å². The van der Waals surface area contributed by atoms with Gasteiger partial charge in [-0.3, -0.25) is 29.1 Å². The maximum atomic E-state index is 13.4. The van der Waals surface area contributed by atoms with Crippen LogP contribution >= 0.6 is 0 Å². The Morgan fingerprint density at radius 1 is 0.592 bits per heavy atom. The number of amidine groups is 1. The number of para-hydroxylation sites is 2. The molecular formula is C42H33F9N14O6. The van der Waals surface area contributed by atoms with E-state index in [4.69, 9.17) is 10.9 Å². The fourth-order valence-electron chi connectivity index (χ4n) is 5.86. The summed E-state index contributed by atoms with van der Waals surface area (Å²) in [5.41, 5.74) is 2.33. The Morgan fingerprint density at radius 3 is 1.39 bits per heavy atom. The highest BCUT2D eigenvalue weighted by atomic mass is 19.4. The van der Waals surface area contributed by atoms with Gasteiger partial charge < -0.3 is 36.7 Å². The second kappa shape index (κ2) is 21.8. The molecular weight excluding hydrogens is 968 g/mol. The number of carbonyl (C=O) groups excluding carboxylic acids is 4. The molecule has 5 aromatic heterocycles. The van der Waals surface area contributed by atoms with E-state index in [1.54, 1.807) is 48.5 Å². The van der Waals surface area contributed by atoms with Crippen LogP contribution in [0.3, 0.4) is 0 Å². The molecule has 0 fully saturated rings. The van der Waals surface area contributed by atoms with Crippen molar-refractivity contribution in [2.45, 2.75) is 18.5 Å². The number of aromatic nitrogens is 8. The van der Waals surface area contributed by atoms with Crippen LogP contribution in [0.2, 0.25) is 0 Å². The molecule has 0 unspecified atom stereocenters. The number of alkyl halides is 9. The normalized spacial score (nSPS) is 11.8. The van der Waals surface area contributed by atoms with Gasteiger partial charge in [-0.2, -0.15) is 54.7 Å². The van der Waals surface area contributed by atoms with Crippen LogP contribution in [0, 0.1) is 0 Å². The molecule has 7 rings (SSSR count). The number of hydrogen-bond donors (Lipinski definition) is 6. The van der Waals surface area contributed by atoms with Gasteiger partial charge in [0.25, 0.3) is 23.6 Å². The number of pyridine rings is 2. The zero-order valence-electron chi connectivity index (χ0n) is 35.7. The summed E-state index contributed by atoms with van der Waals surface area (Å²) >= 11 is 0. The quantitative estimate of drug-likeness (QED) is 0.0208. The van der Waals surface area contributed by atoms with Gasteiger partial charge in [0.2, 0.25) is 5.82 Å². The second-order valence-corrected chi connectivity index (χ2v) is 14.1. The van der Waals surface area contributed by atoms with Crippen molar-refractivity contribution in [3.8, 4) is 22.9 Å². The van der Waals surface area contributed by atoms with E-state index >= 15 is 0 Å². The summed E-state index contributed by atoms with van der Waals surface area (Å²) < 4.78 is 124. The second-order valence-electron chi connectivity index (χ2n) is 14.1. The Balaban J connectivity index is 0.000000235. The van der Waals surface area contributed by atoms with Crippen LogP contribution in [-0.4, -0.2) is 101 Å². The lowest BCUT2D eigenvalue weighted by atomic mass is 10.2. The van der Waals surface area contributed by atoms with Gasteiger partial charge in [0.15, 0.2) is 17.2 Å². The van der Waals surface area contributed by atoms with Gasteiger partial charge in [-0.05, 0) is 48.5 Å². The van der Waals surface area contributed by atoms with Gasteiger partial charge in [-0.25, -0.2) is 9.36 Å². The van der Waals surface area contributed by atoms with E-state index < -0.39 is 76.4 Å². The van der Waals surface area contributed by atoms with Gasteiger partial charge in [0, 0.05) is 51.0 Å². The molecule has 0 bridgehead atoms. The molecule has 0 aliphatic rings. The topological polar surface area (TPSA) is 275 Å². The monoisotopic (exact) mass is 1000 g/mol. The van der Waals surface area contributed by atoms with E-state index in [0.717, 1.165) is 28.0 Å². The third-order valence-electron chi connectivity index (χ3n) is 9.21. The molecule has 0 saturated carbocycles. The number of nitrogens with one attached hydrogen (secondary N) is 4. The first-order valence-electron chi connectivity index (χ1n) is 20.0. The number of halogens is 9. The zero-order valence-corrected chi connectivity index (χ0v) is 35.7. The van der Waals surface area contributed by atoms with E-state index in [2.05, 4.69) is 61.3 Å². The summed E-state index contributed by atoms with van der Waals surface area (Å²) in [4.78, 5) is 60.1. The number of carbonyl (C=O) groups is 4. The van der Waals surface area contributed by atoms with Crippen molar-refractivity contribution >= 4 is 29.5 Å². The van der Waals surface area contributed by atoms with Crippen molar-refractivity contribution in [1.29, 1.82) is 0 Å². The summed E-state index contributed by atoms with van der Waals surface area (Å²) in [6.45, 7) is -0.554. The average Bonchev–Trinajstić information content (AvgIpc) is 4.15. The van der Waals surface area contributed by atoms with Crippen LogP contribution in [0.4, 0.5) is 39.5 Å². The smallest absolute Gasteiger partial charge is 0.409 e. The summed E-state index contributed by atoms with van der Waals surface area (Å²) in [6.07, 6.45) is -10.3. The maximum Gasteiger partial charge on any atom is 0.471 e. The van der Waals surface area contributed by atoms with Gasteiger partial charge in [0.05, 0.1) is 33.6 Å². The molecule has 0 radical (unpaired) electrons. The Labute approximate surface area is 391 Å². The molecule has 0 spiro atoms. The minimum Gasteiger partial charge on any atom is -0.409 e. The maximum absolute atomic E-state index is 13.4. The van der Waals surface area contributed by atoms with Crippen LogP contribution in [0.1, 0.15) is 64.4 Å². The third kappa shape index (κ3) is 13.3. The van der Waals surface area contributed by atoms with E-state index in [1.807, 2.05) is 0 Å². The molecule has 5 heterocycles. The van der Waals surface area contributed by atoms with Crippen molar-refractivity contribution < 1.29 is 68.4 Å². The molecule has 71 heavy (non-hydrogen) atoms. The van der Waals surface area contributed by atoms with Crippen LogP contribution in [-0.2, 0) is 18.5 Å². The van der Waals surface area contributed by atoms with Gasteiger partial charge in [-0.1, -0.05) is 46.7 Å². The van der Waals surface area contributed by atoms with Crippen LogP contribution in [0.5, 0.6) is 0 Å². The fraction of sp³-hybridized carbons (Fsp3) is 0.167. The Kier molecular flexibility index (Phi) is 15.8. The highest BCUT2D eigenvalue weighted by Crippen LogP contribution is 2.33. The highest BCUT2D eigenvalue weighted by Gasteiger charge is 2.41. The van der Waals surface area contributed by atoms with Crippen molar-refractivity contribution in [2.24, 2.45) is 10.9 Å². The average molecular weight is 1000 g/mol. The summed E-state index contributed by atoms with van der Waals surface area (Å²) in [7, 11) is 0. The van der Waals surface area contributed by atoms with Crippen molar-refractivity contribution in [1.82, 2.24) is 60.9 Å². The summed E-state index contributed by atoms with van der Waals surface area (Å²) in [5, 5.41) is 31.1. The third-order valence-corrected chi connectivity index (χ3v) is 9.21. The molecule has 0 aliphatic heterocycles. The standard InChI is InChI=1S/C22H15F6N7O3.C20H18F3N7O3/c23-21(24,25)16-14(11-35(33-16)13-4-2-1-3-5-13)19(37)30-9-8-29-18(36)12-6-7-15(31-10-12)17-32-20(38-34-17)22(26,27)28;21-20(22,23)16-14(11-30(28-16)13-4-2-1-3-5-13)19(32)26-9-8-25-18(31)12-6-7-15(27-10-12)17(24)29-33/h1-7,10-11H,8-9H2,(H,29,36)(H,30,37);1-7,10-11,33H,8-9H2,(H2,24,29)(H,25,31)(H,26,32). The predicted octanol–water partition coefficient (Wildman–Crippen LogP) is 5.06. The van der Waals surface area contributed by atoms with E-state index in [1.165, 1.54) is 42.6 Å². The molecule has 7 N–H and O–H groups in total. The van der Waals surface area contributed by atoms with Gasteiger partial charge in [-0.15, -0.1) is 0 Å². The molecule has 29 heteroatoms. The van der Waals surface area contributed by atoms with Crippen LogP contribution in [0.25, 0.3) is 22.9 Å². The number of nitrogens with zero attached hydrogens (tertiary/aromatic N) is 9. The minimum absolute atomic E-state index is 0.0168. The van der Waals surface area contributed by atoms with Crippen molar-refractivity contribution in [2.75, 3.05) is 26.2 Å². The van der Waals surface area contributed by atoms with E-state index in [-0.39, 0.29) is 54.5 Å². The van der Waals surface area contributed by atoms with Crippen LogP contribution in [0.15, 0.2) is 119 Å². The number of nitrogens with two attached hydrogens (primary N) is 1. The number of oxime groups is 1. The lowest BCUT2D eigenvalue weighted by Crippen LogP contribution is -2.35. The first-order chi connectivity index (χ1) is 33.6. The molecule has 4 amide bonds. The summed E-state index contributed by atoms with van der Waals surface area (Å²) in [5.74, 6) is -5.42. The van der Waals surface area contributed by atoms with Gasteiger partial charge >= 0.3 is 24.4 Å². The molecule has 0 saturated heterocycles. The Bertz CT molecular complexity index is 2990. The molecule has 370 valence electrons. The Morgan fingerprint density at radius 2 is 1.03 bits per heavy atom. The van der Waals surface area contributed by atoms with Crippen molar-refractivity contribution in [3.63, 3.8) is 0 Å². The van der Waals surface area contributed by atoms with Gasteiger partial charge in [0.1, 0.15) is 11.4 Å². The SMILES string of the molecule is N/C(=N\O)c1ccc(C(=O)NCCNC(=O)c2cn(-c3ccccc3)nc2C(F)(F)F)cn1.O=C(NCCNC(=O)c1cn(-c2ccccc2)nc1C(F)(F)F)c1ccc(-c2noc(C(F)(F)F)n2)nc1. The van der Waals surface area contributed by atoms with Crippen molar-refractivity contribution in [3.05, 3.63) is 155 Å². The lowest BCUT2D eigenvalue weighted by molar-refractivity contribution is -0.159. The molecule has 0 aliphatic carbocycles. The van der Waals surface area contributed by atoms with Crippen LogP contribution < -0.4 is 27.0 Å². The largest absolute Gasteiger partial charge is 0.471 e. The molecule has 2 aromatic carbocycles. The highest BCUT2D eigenvalue weighted by molar-refractivity contribution is 5.98. The number of hydrogen-bond acceptors (Lipinski definition) is 13. The molecule has 20 nitrogen and oxygen atoms in total. The first kappa shape index (κ1) is 51.2. The first-order valence-corrected chi connectivity index (χ1v) is 20.0. The van der Waals surface area contributed by atoms with E-state index in [9.17, 15) is 58.7 Å². The zero-order chi connectivity index (χ0) is 51.5. The molecule has 0 atom stereocenters. The number of amides is 4. The molecule has 7 aromatic rings. The summed E-state index contributed by atoms with van der Waals surface area (Å²) in [6, 6.07) is 21.2. The number of rotatable bonds is 14. The minimum atomic E-state index is -4.88. The Hall–Kier alpha value is -9.18. The lowest BCUT2D eigenvalue weighted by Gasteiger charge is -2.08. The predicted molar refractivity (Wildman–Crippen MR) is 226 cm³/mol. The fourth-order valence-corrected chi connectivity index (χ4v) is 5.86. The number of benzene rings is 2.